The molecule has 5 amide bonds. The molecule has 0 bridgehead atoms. The van der Waals surface area contributed by atoms with E-state index in [9.17, 15) is 121 Å². The zero-order valence-corrected chi connectivity index (χ0v) is 75.9. The first-order valence-corrected chi connectivity index (χ1v) is 42.1. The van der Waals surface area contributed by atoms with Crippen LogP contribution in [0.2, 0.25) is 0 Å². The average Bonchev–Trinajstić information content (AvgIpc) is 1.67. The molecule has 0 fully saturated rings. The Kier molecular flexibility index (Phi) is 32.6. The Bertz CT molecular complexity index is 7320. The molecule has 15 rings (SSSR count). The molecule has 143 heavy (non-hydrogen) atoms. The SMILES string of the molecule is CCc1cc(-c2ccc(C(=O)Nc3ccc(C)c(F)c3F)cc2N)n(CC)n1.CCn1nc(C(F)(F)F)cc1-c1ccc(C(=O)Nc2c(F)cncc2F)cc1F.CCn1nc(C(F)(F)F)cc1-c1ccc(C(=O)Nc2ccc(C)c(F)c2F)cc1N.Cc1ccc(NC(=O)c2ccc(-c3cc(C(F)(F)F)nn3C)c(N)c2)c(F)c1F.Cn1nc(C(F)(F)F)cc1-c1ccc(NC(=O)c2cccc(F)c2)cc1N. The highest BCUT2D eigenvalue weighted by Gasteiger charge is 2.39. The quantitative estimate of drug-likeness (QED) is 0.0268. The summed E-state index contributed by atoms with van der Waals surface area (Å²) in [4.78, 5) is 64.8. The Balaban J connectivity index is 0.000000171. The number of carbonyl (C=O) groups excluding carboxylic acids is 5. The van der Waals surface area contributed by atoms with Crippen molar-refractivity contribution in [3.05, 3.63) is 326 Å². The van der Waals surface area contributed by atoms with Crippen molar-refractivity contribution in [3.8, 4) is 56.3 Å². The molecule has 6 aromatic heterocycles. The van der Waals surface area contributed by atoms with E-state index in [1.54, 1.807) is 19.1 Å². The molecular weight excluding hydrogens is 1930 g/mol. The Labute approximate surface area is 796 Å². The number of anilines is 9. The smallest absolute Gasteiger partial charge is 0.398 e. The van der Waals surface area contributed by atoms with Crippen LogP contribution in [-0.2, 0) is 64.9 Å². The highest BCUT2D eigenvalue weighted by Crippen LogP contribution is 2.41. The summed E-state index contributed by atoms with van der Waals surface area (Å²) in [5.41, 5.74) is 22.9. The summed E-state index contributed by atoms with van der Waals surface area (Å²) < 4.78 is 298. The normalized spacial score (nSPS) is 11.4. The molecule has 9 aromatic carbocycles. The number of rotatable bonds is 19. The number of aryl methyl sites for hydroxylation is 9. The monoisotopic (exact) mass is 2010 g/mol. The zero-order chi connectivity index (χ0) is 105. The highest BCUT2D eigenvalue weighted by molar-refractivity contribution is 6.08. The Morgan fingerprint density at radius 1 is 0.315 bits per heavy atom. The number of halogens is 22. The summed E-state index contributed by atoms with van der Waals surface area (Å²) in [5.74, 6) is -14.0. The fourth-order valence-corrected chi connectivity index (χ4v) is 13.8. The van der Waals surface area contributed by atoms with Crippen LogP contribution in [0.3, 0.4) is 0 Å². The van der Waals surface area contributed by atoms with E-state index in [1.807, 2.05) is 29.9 Å². The van der Waals surface area contributed by atoms with Gasteiger partial charge in [0.05, 0.1) is 63.6 Å². The first-order valence-electron chi connectivity index (χ1n) is 42.1. The number of nitrogens with two attached hydrogens (primary N) is 4. The molecule has 25 nitrogen and oxygen atoms in total. The molecule has 0 aliphatic heterocycles. The number of nitrogen functional groups attached to an aromatic ring is 4. The molecule has 13 N–H and O–H groups in total. The molecule has 0 spiro atoms. The average molecular weight is 2010 g/mol. The van der Waals surface area contributed by atoms with Crippen molar-refractivity contribution in [1.29, 1.82) is 0 Å². The predicted molar refractivity (Wildman–Crippen MR) is 488 cm³/mol. The molecule has 0 unspecified atom stereocenters. The number of amides is 5. The van der Waals surface area contributed by atoms with Gasteiger partial charge in [-0.2, -0.15) is 78.2 Å². The number of nitrogens with zero attached hydrogens (tertiary/aromatic N) is 11. The van der Waals surface area contributed by atoms with Crippen LogP contribution in [-0.4, -0.2) is 83.4 Å². The van der Waals surface area contributed by atoms with Gasteiger partial charge in [0.2, 0.25) is 0 Å². The largest absolute Gasteiger partial charge is 0.435 e. The van der Waals surface area contributed by atoms with E-state index in [2.05, 4.69) is 51.7 Å². The number of nitrogens with one attached hydrogen (secondary N) is 5. The molecular formula is C96H80F22N20O5. The molecule has 0 atom stereocenters. The number of hydrogen-bond donors (Lipinski definition) is 9. The molecule has 6 heterocycles. The van der Waals surface area contributed by atoms with Crippen LogP contribution in [0.25, 0.3) is 56.3 Å². The van der Waals surface area contributed by atoms with Gasteiger partial charge in [0.1, 0.15) is 17.3 Å². The fraction of sp³-hybridized carbons (Fsp3) is 0.177. The first-order chi connectivity index (χ1) is 67.1. The molecule has 15 aromatic rings. The summed E-state index contributed by atoms with van der Waals surface area (Å²) >= 11 is 0. The van der Waals surface area contributed by atoms with E-state index >= 15 is 0 Å². The number of carbonyl (C=O) groups is 5. The third-order valence-electron chi connectivity index (χ3n) is 21.2. The van der Waals surface area contributed by atoms with Crippen LogP contribution >= 0.6 is 0 Å². The van der Waals surface area contributed by atoms with E-state index in [1.165, 1.54) is 157 Å². The maximum Gasteiger partial charge on any atom is 0.435 e. The van der Waals surface area contributed by atoms with Gasteiger partial charge in [-0.3, -0.25) is 52.4 Å². The van der Waals surface area contributed by atoms with Crippen molar-refractivity contribution < 1.29 is 121 Å². The van der Waals surface area contributed by atoms with Crippen LogP contribution < -0.4 is 49.5 Å². The Morgan fingerprint density at radius 2 is 0.629 bits per heavy atom. The minimum atomic E-state index is -4.70. The lowest BCUT2D eigenvalue weighted by Crippen LogP contribution is -2.15. The Hall–Kier alpha value is -16.8. The standard InChI is InChI=1S/C21H22F2N4O.C20H17F5N4O.C19H15F5N4O.C18H12F6N4O.C18H14F4N4O/c1-4-14-11-18(27(5-2)26-14)15-8-7-13(10-16(15)24)21(28)25-17-9-6-12(3)19(22)20(17)23;1-3-29-15(9-16(28-29)20(23,24)25)12-6-5-11(8-13(12)26)19(30)27-14-7-4-10(2)17(21)18(14)22;1-9-3-6-13(17(21)16(9)20)26-18(29)10-4-5-11(12(25)7-10)14-8-15(19(22,23)24)27-28(14)2;1-2-28-14(6-15(27-28)18(22,23)24)10-4-3-9(5-11(10)19)17(29)26-16-12(20)7-25-8-13(16)21;1-26-15(9-16(25-26)18(20,21)22)13-6-5-12(8-14(13)23)24-17(27)10-3-2-4-11(19)7-10/h6-11H,4-5,24H2,1-3H3,(H,25,28);4-9H,3,26H2,1-2H3,(H,27,30);3-8H,25H2,1-2H3,(H,26,29);3-8H,2H2,1H3,(H,25,26,29);2-9H,23H2,1H3,(H,24,27). The number of pyridine rings is 1. The predicted octanol–water partition coefficient (Wildman–Crippen LogP) is 22.8. The minimum Gasteiger partial charge on any atom is -0.398 e. The summed E-state index contributed by atoms with van der Waals surface area (Å²) in [6.07, 6.45) is -16.3. The van der Waals surface area contributed by atoms with Crippen LogP contribution in [0.1, 0.15) is 125 Å². The van der Waals surface area contributed by atoms with Crippen molar-refractivity contribution in [3.63, 3.8) is 0 Å². The van der Waals surface area contributed by atoms with Crippen molar-refractivity contribution in [2.45, 2.75) is 99.2 Å². The summed E-state index contributed by atoms with van der Waals surface area (Å²) in [5, 5.41) is 29.7. The first kappa shape index (κ1) is 107. The number of benzene rings is 9. The van der Waals surface area contributed by atoms with Gasteiger partial charge in [0, 0.05) is 118 Å². The molecule has 748 valence electrons. The fourth-order valence-electron chi connectivity index (χ4n) is 13.8. The second-order valence-corrected chi connectivity index (χ2v) is 31.1. The van der Waals surface area contributed by atoms with E-state index < -0.39 is 141 Å². The third-order valence-corrected chi connectivity index (χ3v) is 21.2. The second kappa shape index (κ2) is 43.7. The van der Waals surface area contributed by atoms with Crippen LogP contribution in [0.5, 0.6) is 0 Å². The van der Waals surface area contributed by atoms with Crippen molar-refractivity contribution >= 4 is 80.7 Å². The number of aromatic nitrogens is 11. The van der Waals surface area contributed by atoms with Gasteiger partial charge in [-0.05, 0) is 222 Å². The third kappa shape index (κ3) is 25.1. The maximum absolute atomic E-state index is 14.6. The van der Waals surface area contributed by atoms with Gasteiger partial charge in [0.25, 0.3) is 29.5 Å². The summed E-state index contributed by atoms with van der Waals surface area (Å²) in [6, 6.07) is 38.3. The number of alkyl halides is 12. The van der Waals surface area contributed by atoms with E-state index in [-0.39, 0.29) is 131 Å². The number of hydrogen-bond acceptors (Lipinski definition) is 15. The van der Waals surface area contributed by atoms with Gasteiger partial charge in [-0.1, -0.05) is 31.2 Å². The topological polar surface area (TPSA) is 352 Å². The zero-order valence-electron chi connectivity index (χ0n) is 75.9. The van der Waals surface area contributed by atoms with Crippen molar-refractivity contribution in [2.75, 3.05) is 49.5 Å². The summed E-state index contributed by atoms with van der Waals surface area (Å²) in [7, 11) is 2.71. The van der Waals surface area contributed by atoms with Gasteiger partial charge >= 0.3 is 24.7 Å². The van der Waals surface area contributed by atoms with Crippen LogP contribution in [0, 0.1) is 78.9 Å². The van der Waals surface area contributed by atoms with Crippen molar-refractivity contribution in [2.24, 2.45) is 14.1 Å². The molecule has 0 aliphatic rings. The van der Waals surface area contributed by atoms with E-state index in [4.69, 9.17) is 22.9 Å². The minimum absolute atomic E-state index is 0.0184. The van der Waals surface area contributed by atoms with Gasteiger partial charge < -0.3 is 49.5 Å². The van der Waals surface area contributed by atoms with Crippen LogP contribution in [0.4, 0.5) is 148 Å². The molecule has 0 saturated heterocycles. The molecule has 0 radical (unpaired) electrons. The van der Waals surface area contributed by atoms with Crippen molar-refractivity contribution in [1.82, 2.24) is 53.9 Å². The maximum atomic E-state index is 14.6. The van der Waals surface area contributed by atoms with E-state index in [0.29, 0.717) is 41.9 Å². The second-order valence-electron chi connectivity index (χ2n) is 31.1. The lowest BCUT2D eigenvalue weighted by atomic mass is 10.0. The molecule has 47 heteroatoms. The van der Waals surface area contributed by atoms with Gasteiger partial charge in [0.15, 0.2) is 69.3 Å². The molecule has 0 aliphatic carbocycles. The molecule has 0 saturated carbocycles. The van der Waals surface area contributed by atoms with Gasteiger partial charge in [-0.15, -0.1) is 0 Å². The summed E-state index contributed by atoms with van der Waals surface area (Å²) in [6.45, 7) is 12.3. The van der Waals surface area contributed by atoms with E-state index in [0.717, 1.165) is 84.6 Å². The highest BCUT2D eigenvalue weighted by atomic mass is 19.4. The lowest BCUT2D eigenvalue weighted by molar-refractivity contribution is -0.142. The Morgan fingerprint density at radius 3 is 0.979 bits per heavy atom. The van der Waals surface area contributed by atoms with Gasteiger partial charge in [-0.25, -0.2) is 43.9 Å². The van der Waals surface area contributed by atoms with Crippen LogP contribution in [0.15, 0.2) is 194 Å². The lowest BCUT2D eigenvalue weighted by Gasteiger charge is -2.11.